The molecule has 2 N–H and O–H groups in total. The second kappa shape index (κ2) is 3.00. The maximum Gasteiger partial charge on any atom is 0.0616 e. The van der Waals surface area contributed by atoms with E-state index >= 15 is 0 Å². The summed E-state index contributed by atoms with van der Waals surface area (Å²) in [6.45, 7) is 2.51. The van der Waals surface area contributed by atoms with Crippen molar-refractivity contribution in [1.29, 1.82) is 0 Å². The van der Waals surface area contributed by atoms with Gasteiger partial charge >= 0.3 is 0 Å². The number of nitrogens with one attached hydrogen (secondary N) is 1. The standard InChI is InChI=1S/C10H19NO/c1-2-10(7-12,8-3-4-8)11-9-5-6-9/h8-9,11-12H,2-7H2,1H3. The number of aliphatic hydroxyl groups excluding tert-OH is 1. The molecule has 2 nitrogen and oxygen atoms in total. The number of hydrogen-bond acceptors (Lipinski definition) is 2. The smallest absolute Gasteiger partial charge is 0.0616 e. The summed E-state index contributed by atoms with van der Waals surface area (Å²) in [5.74, 6) is 0.757. The first-order chi connectivity index (χ1) is 5.80. The molecule has 0 aromatic rings. The lowest BCUT2D eigenvalue weighted by atomic mass is 9.91. The summed E-state index contributed by atoms with van der Waals surface area (Å²) >= 11 is 0. The monoisotopic (exact) mass is 169 g/mol. The van der Waals surface area contributed by atoms with Crippen LogP contribution in [0.25, 0.3) is 0 Å². The molecule has 0 aromatic heterocycles. The van der Waals surface area contributed by atoms with E-state index in [4.69, 9.17) is 0 Å². The molecule has 70 valence electrons. The van der Waals surface area contributed by atoms with Crippen LogP contribution >= 0.6 is 0 Å². The number of aliphatic hydroxyl groups is 1. The van der Waals surface area contributed by atoms with Crippen LogP contribution in [0.1, 0.15) is 39.0 Å². The largest absolute Gasteiger partial charge is 0.394 e. The zero-order valence-electron chi connectivity index (χ0n) is 7.84. The highest BCUT2D eigenvalue weighted by atomic mass is 16.3. The van der Waals surface area contributed by atoms with Gasteiger partial charge in [-0.2, -0.15) is 0 Å². The van der Waals surface area contributed by atoms with Gasteiger partial charge in [-0.25, -0.2) is 0 Å². The van der Waals surface area contributed by atoms with Gasteiger partial charge in [-0.3, -0.25) is 0 Å². The van der Waals surface area contributed by atoms with E-state index in [2.05, 4.69) is 12.2 Å². The Morgan fingerprint density at radius 3 is 2.33 bits per heavy atom. The third-order valence-electron chi connectivity index (χ3n) is 3.34. The molecule has 1 atom stereocenters. The van der Waals surface area contributed by atoms with Crippen LogP contribution in [0.3, 0.4) is 0 Å². The summed E-state index contributed by atoms with van der Waals surface area (Å²) < 4.78 is 0. The fourth-order valence-corrected chi connectivity index (χ4v) is 2.07. The van der Waals surface area contributed by atoms with E-state index in [-0.39, 0.29) is 5.54 Å². The Bertz CT molecular complexity index is 157. The van der Waals surface area contributed by atoms with Gasteiger partial charge in [0.25, 0.3) is 0 Å². The molecule has 12 heavy (non-hydrogen) atoms. The minimum atomic E-state index is 0.0845. The van der Waals surface area contributed by atoms with Crippen LogP contribution in [0.2, 0.25) is 0 Å². The van der Waals surface area contributed by atoms with Crippen LogP contribution in [0.4, 0.5) is 0 Å². The molecule has 0 amide bonds. The summed E-state index contributed by atoms with van der Waals surface area (Å²) in [5.41, 5.74) is 0.0845. The first kappa shape index (κ1) is 8.52. The van der Waals surface area contributed by atoms with E-state index in [1.54, 1.807) is 0 Å². The van der Waals surface area contributed by atoms with E-state index in [0.29, 0.717) is 6.61 Å². The molecule has 2 aliphatic carbocycles. The van der Waals surface area contributed by atoms with Gasteiger partial charge in [0.15, 0.2) is 0 Å². The van der Waals surface area contributed by atoms with Gasteiger partial charge in [0.05, 0.1) is 6.61 Å². The second-order valence-corrected chi connectivity index (χ2v) is 4.36. The molecular formula is C10H19NO. The Morgan fingerprint density at radius 2 is 2.00 bits per heavy atom. The van der Waals surface area contributed by atoms with Gasteiger partial charge in [-0.1, -0.05) is 6.92 Å². The molecule has 1 unspecified atom stereocenters. The molecule has 2 fully saturated rings. The lowest BCUT2D eigenvalue weighted by Crippen LogP contribution is -2.51. The van der Waals surface area contributed by atoms with Crippen molar-refractivity contribution >= 4 is 0 Å². The molecule has 0 radical (unpaired) electrons. The van der Waals surface area contributed by atoms with Crippen molar-refractivity contribution in [1.82, 2.24) is 5.32 Å². The van der Waals surface area contributed by atoms with E-state index in [1.807, 2.05) is 0 Å². The highest BCUT2D eigenvalue weighted by molar-refractivity contribution is 5.03. The van der Waals surface area contributed by atoms with Crippen LogP contribution < -0.4 is 5.32 Å². The Kier molecular flexibility index (Phi) is 2.13. The minimum absolute atomic E-state index is 0.0845. The van der Waals surface area contributed by atoms with Crippen molar-refractivity contribution in [2.75, 3.05) is 6.61 Å². The van der Waals surface area contributed by atoms with E-state index in [1.165, 1.54) is 25.7 Å². The fraction of sp³-hybridized carbons (Fsp3) is 1.00. The van der Waals surface area contributed by atoms with Gasteiger partial charge < -0.3 is 10.4 Å². The average Bonchev–Trinajstić information content (AvgIpc) is 2.91. The summed E-state index contributed by atoms with van der Waals surface area (Å²) in [7, 11) is 0. The molecule has 0 bridgehead atoms. The summed E-state index contributed by atoms with van der Waals surface area (Å²) in [6, 6.07) is 0.720. The maximum atomic E-state index is 9.40. The highest BCUT2D eigenvalue weighted by Crippen LogP contribution is 2.42. The first-order valence-electron chi connectivity index (χ1n) is 5.19. The molecule has 0 heterocycles. The Hall–Kier alpha value is -0.0800. The van der Waals surface area contributed by atoms with Gasteiger partial charge in [0, 0.05) is 11.6 Å². The number of hydrogen-bond donors (Lipinski definition) is 2. The summed E-state index contributed by atoms with van der Waals surface area (Å²) in [5, 5.41) is 13.0. The maximum absolute atomic E-state index is 9.40. The zero-order valence-corrected chi connectivity index (χ0v) is 7.84. The normalized spacial score (nSPS) is 28.5. The van der Waals surface area contributed by atoms with Crippen LogP contribution in [0, 0.1) is 5.92 Å². The zero-order chi connectivity index (χ0) is 8.60. The molecular weight excluding hydrogens is 150 g/mol. The summed E-state index contributed by atoms with van der Waals surface area (Å²) in [4.78, 5) is 0. The second-order valence-electron chi connectivity index (χ2n) is 4.36. The lowest BCUT2D eigenvalue weighted by Gasteiger charge is -2.32. The van der Waals surface area contributed by atoms with Crippen molar-refractivity contribution in [3.63, 3.8) is 0 Å². The molecule has 2 heteroatoms. The van der Waals surface area contributed by atoms with Crippen LogP contribution in [0.5, 0.6) is 0 Å². The van der Waals surface area contributed by atoms with Crippen molar-refractivity contribution in [2.24, 2.45) is 5.92 Å². The third-order valence-corrected chi connectivity index (χ3v) is 3.34. The van der Waals surface area contributed by atoms with Crippen LogP contribution in [-0.2, 0) is 0 Å². The minimum Gasteiger partial charge on any atom is -0.394 e. The topological polar surface area (TPSA) is 32.3 Å². The Balaban J connectivity index is 1.96. The van der Waals surface area contributed by atoms with E-state index in [9.17, 15) is 5.11 Å². The molecule has 0 spiro atoms. The number of rotatable bonds is 5. The Morgan fingerprint density at radius 1 is 1.33 bits per heavy atom. The van der Waals surface area contributed by atoms with Gasteiger partial charge in [0.1, 0.15) is 0 Å². The average molecular weight is 169 g/mol. The molecule has 0 saturated heterocycles. The van der Waals surface area contributed by atoms with Crippen molar-refractivity contribution in [2.45, 2.75) is 50.6 Å². The predicted molar refractivity (Wildman–Crippen MR) is 49.0 cm³/mol. The third kappa shape index (κ3) is 1.50. The predicted octanol–water partition coefficient (Wildman–Crippen LogP) is 1.29. The lowest BCUT2D eigenvalue weighted by molar-refractivity contribution is 0.133. The van der Waals surface area contributed by atoms with Gasteiger partial charge in [-0.15, -0.1) is 0 Å². The van der Waals surface area contributed by atoms with Crippen molar-refractivity contribution in [3.05, 3.63) is 0 Å². The fourth-order valence-electron chi connectivity index (χ4n) is 2.07. The molecule has 2 saturated carbocycles. The van der Waals surface area contributed by atoms with Crippen molar-refractivity contribution in [3.8, 4) is 0 Å². The van der Waals surface area contributed by atoms with E-state index in [0.717, 1.165) is 18.4 Å². The van der Waals surface area contributed by atoms with Gasteiger partial charge in [0.2, 0.25) is 0 Å². The SMILES string of the molecule is CCC(CO)(NC1CC1)C1CC1. The van der Waals surface area contributed by atoms with Crippen molar-refractivity contribution < 1.29 is 5.11 Å². The highest BCUT2D eigenvalue weighted by Gasteiger charge is 2.45. The van der Waals surface area contributed by atoms with Crippen LogP contribution in [-0.4, -0.2) is 23.3 Å². The molecule has 0 aliphatic heterocycles. The van der Waals surface area contributed by atoms with E-state index < -0.39 is 0 Å². The summed E-state index contributed by atoms with van der Waals surface area (Å²) in [6.07, 6.45) is 6.33. The quantitative estimate of drug-likeness (QED) is 0.650. The Labute approximate surface area is 74.4 Å². The van der Waals surface area contributed by atoms with Crippen LogP contribution in [0.15, 0.2) is 0 Å². The molecule has 2 aliphatic rings. The van der Waals surface area contributed by atoms with Gasteiger partial charge in [-0.05, 0) is 38.0 Å². The molecule has 2 rings (SSSR count). The molecule has 0 aromatic carbocycles. The first-order valence-corrected chi connectivity index (χ1v) is 5.19.